The van der Waals surface area contributed by atoms with Crippen LogP contribution in [0.4, 0.5) is 0 Å². The summed E-state index contributed by atoms with van der Waals surface area (Å²) in [6, 6.07) is 56.1. The molecule has 0 fully saturated rings. The van der Waals surface area contributed by atoms with E-state index in [0.29, 0.717) is 0 Å². The van der Waals surface area contributed by atoms with E-state index in [4.69, 9.17) is 9.97 Å². The summed E-state index contributed by atoms with van der Waals surface area (Å²) in [6.07, 6.45) is 0. The summed E-state index contributed by atoms with van der Waals surface area (Å²) in [5.74, 6) is 0.941. The van der Waals surface area contributed by atoms with E-state index >= 15 is 0 Å². The van der Waals surface area contributed by atoms with Crippen molar-refractivity contribution in [3.05, 3.63) is 158 Å². The van der Waals surface area contributed by atoms with Gasteiger partial charge in [0.05, 0.1) is 27.6 Å². The van der Waals surface area contributed by atoms with Crippen molar-refractivity contribution < 1.29 is 0 Å². The Hall–Kier alpha value is -6.26. The largest absolute Gasteiger partial charge is 0.292 e. The van der Waals surface area contributed by atoms with Crippen molar-refractivity contribution in [1.29, 1.82) is 0 Å². The molecule has 0 bridgehead atoms. The zero-order valence-electron chi connectivity index (χ0n) is 24.8. The molecule has 0 spiro atoms. The quantitative estimate of drug-likeness (QED) is 0.193. The predicted molar refractivity (Wildman–Crippen MR) is 191 cm³/mol. The highest BCUT2D eigenvalue weighted by Gasteiger charge is 2.16. The topological polar surface area (TPSA) is 35.1 Å². The molecule has 0 N–H and O–H groups in total. The van der Waals surface area contributed by atoms with Crippen LogP contribution in [-0.4, -0.2) is 18.9 Å². The first kappa shape index (κ1) is 25.1. The summed E-state index contributed by atoms with van der Waals surface area (Å²) in [7, 11) is 0. The van der Waals surface area contributed by atoms with Gasteiger partial charge in [-0.1, -0.05) is 97.1 Å². The molecule has 0 aliphatic carbocycles. The molecule has 3 heterocycles. The molecule has 46 heavy (non-hydrogen) atoms. The fourth-order valence-corrected chi connectivity index (χ4v) is 7.11. The van der Waals surface area contributed by atoms with Gasteiger partial charge in [-0.25, -0.2) is 9.97 Å². The minimum atomic E-state index is 0.941. The maximum Gasteiger partial charge on any atom is 0.146 e. The first-order valence-corrected chi connectivity index (χ1v) is 15.6. The Morgan fingerprint density at radius 3 is 1.83 bits per heavy atom. The fourth-order valence-electron chi connectivity index (χ4n) is 7.11. The maximum absolute atomic E-state index is 5.12. The minimum Gasteiger partial charge on any atom is -0.292 e. The number of para-hydroxylation sites is 6. The molecule has 4 heteroatoms. The lowest BCUT2D eigenvalue weighted by atomic mass is 9.97. The molecule has 0 unspecified atom stereocenters. The van der Waals surface area contributed by atoms with E-state index in [0.717, 1.165) is 50.2 Å². The molecule has 7 aromatic carbocycles. The molecule has 0 amide bonds. The highest BCUT2D eigenvalue weighted by molar-refractivity contribution is 6.14. The van der Waals surface area contributed by atoms with Crippen LogP contribution in [0, 0.1) is 0 Å². The molecule has 0 saturated carbocycles. The Morgan fingerprint density at radius 1 is 0.391 bits per heavy atom. The van der Waals surface area contributed by atoms with Crippen LogP contribution in [-0.2, 0) is 0 Å². The average Bonchev–Trinajstić information content (AvgIpc) is 3.71. The van der Waals surface area contributed by atoms with E-state index in [1.54, 1.807) is 0 Å². The van der Waals surface area contributed by atoms with E-state index in [2.05, 4.69) is 155 Å². The van der Waals surface area contributed by atoms with Gasteiger partial charge >= 0.3 is 0 Å². The van der Waals surface area contributed by atoms with Crippen molar-refractivity contribution >= 4 is 60.2 Å². The van der Waals surface area contributed by atoms with Gasteiger partial charge in [0.2, 0.25) is 0 Å². The van der Waals surface area contributed by atoms with Gasteiger partial charge in [0, 0.05) is 22.0 Å². The number of benzene rings is 7. The number of hydrogen-bond acceptors (Lipinski definition) is 2. The summed E-state index contributed by atoms with van der Waals surface area (Å²) in [5.41, 5.74) is 10.9. The molecular formula is C42H26N4. The van der Waals surface area contributed by atoms with Crippen molar-refractivity contribution in [2.75, 3.05) is 0 Å². The lowest BCUT2D eigenvalue weighted by molar-refractivity contribution is 1.10. The Bertz CT molecular complexity index is 2810. The molecule has 0 saturated heterocycles. The summed E-state index contributed by atoms with van der Waals surface area (Å²) in [4.78, 5) is 10.2. The van der Waals surface area contributed by atoms with E-state index in [-0.39, 0.29) is 0 Å². The zero-order valence-corrected chi connectivity index (χ0v) is 24.8. The number of imidazole rings is 2. The lowest BCUT2D eigenvalue weighted by Crippen LogP contribution is -1.97. The van der Waals surface area contributed by atoms with Crippen LogP contribution in [0.15, 0.2) is 158 Å². The molecule has 10 rings (SSSR count). The van der Waals surface area contributed by atoms with Gasteiger partial charge < -0.3 is 0 Å². The van der Waals surface area contributed by atoms with Gasteiger partial charge in [0.1, 0.15) is 11.5 Å². The molecule has 4 nitrogen and oxygen atoms in total. The minimum absolute atomic E-state index is 0.941. The number of fused-ring (bicyclic) bond motifs is 10. The Labute approximate surface area is 264 Å². The van der Waals surface area contributed by atoms with Crippen molar-refractivity contribution in [1.82, 2.24) is 18.9 Å². The van der Waals surface area contributed by atoms with E-state index in [1.807, 2.05) is 12.1 Å². The second-order valence-corrected chi connectivity index (χ2v) is 11.9. The molecule has 0 radical (unpaired) electrons. The van der Waals surface area contributed by atoms with Crippen molar-refractivity contribution in [2.45, 2.75) is 0 Å². The highest BCUT2D eigenvalue weighted by Crippen LogP contribution is 2.36. The monoisotopic (exact) mass is 586 g/mol. The van der Waals surface area contributed by atoms with E-state index < -0.39 is 0 Å². The van der Waals surface area contributed by atoms with Crippen LogP contribution in [0.1, 0.15) is 0 Å². The summed E-state index contributed by atoms with van der Waals surface area (Å²) >= 11 is 0. The van der Waals surface area contributed by atoms with Gasteiger partial charge in [-0.3, -0.25) is 8.97 Å². The van der Waals surface area contributed by atoms with Crippen molar-refractivity contribution in [3.63, 3.8) is 0 Å². The predicted octanol–water partition coefficient (Wildman–Crippen LogP) is 10.6. The third kappa shape index (κ3) is 3.67. The van der Waals surface area contributed by atoms with E-state index in [9.17, 15) is 0 Å². The maximum atomic E-state index is 5.12. The van der Waals surface area contributed by atoms with Crippen LogP contribution < -0.4 is 0 Å². The van der Waals surface area contributed by atoms with Gasteiger partial charge in [-0.2, -0.15) is 0 Å². The molecule has 214 valence electrons. The molecule has 0 aliphatic heterocycles. The van der Waals surface area contributed by atoms with Crippen LogP contribution in [0.5, 0.6) is 0 Å². The Morgan fingerprint density at radius 2 is 1.00 bits per heavy atom. The number of rotatable bonds is 3. The smallest absolute Gasteiger partial charge is 0.146 e. The van der Waals surface area contributed by atoms with Crippen LogP contribution in [0.3, 0.4) is 0 Å². The van der Waals surface area contributed by atoms with Crippen LogP contribution >= 0.6 is 0 Å². The lowest BCUT2D eigenvalue weighted by Gasteiger charge is -2.12. The third-order valence-electron chi connectivity index (χ3n) is 9.26. The molecule has 0 atom stereocenters. The second-order valence-electron chi connectivity index (χ2n) is 11.9. The zero-order chi connectivity index (χ0) is 30.2. The Balaban J connectivity index is 1.13. The number of aromatic nitrogens is 4. The van der Waals surface area contributed by atoms with Gasteiger partial charge in [0.25, 0.3) is 0 Å². The van der Waals surface area contributed by atoms with Crippen molar-refractivity contribution in [3.8, 4) is 28.2 Å². The average molecular weight is 587 g/mol. The second kappa shape index (κ2) is 9.62. The van der Waals surface area contributed by atoms with Crippen molar-refractivity contribution in [2.24, 2.45) is 0 Å². The van der Waals surface area contributed by atoms with Crippen LogP contribution in [0.2, 0.25) is 0 Å². The molecular weight excluding hydrogens is 560 g/mol. The van der Waals surface area contributed by atoms with E-state index in [1.165, 1.54) is 38.2 Å². The first-order valence-electron chi connectivity index (χ1n) is 15.6. The first-order chi connectivity index (χ1) is 22.8. The molecule has 0 aliphatic rings. The fraction of sp³-hybridized carbons (Fsp3) is 0. The standard InChI is InChI=1S/C42H26N4/c1-2-10-32(11-3-1)45-39-16-8-5-13-36(39)43-41(45)31-21-20-27-24-28(18-19-29(27)25-31)30-22-23-33-34-12-4-7-15-38(34)46-40-17-9-6-14-37(40)44-42(46)35(33)26-30/h1-26H. The third-order valence-corrected chi connectivity index (χ3v) is 9.26. The highest BCUT2D eigenvalue weighted by atomic mass is 15.1. The number of nitrogens with zero attached hydrogens (tertiary/aromatic N) is 4. The number of pyridine rings is 1. The van der Waals surface area contributed by atoms with Gasteiger partial charge in [-0.15, -0.1) is 0 Å². The summed E-state index contributed by atoms with van der Waals surface area (Å²) in [5, 5.41) is 5.98. The van der Waals surface area contributed by atoms with Gasteiger partial charge in [0.15, 0.2) is 0 Å². The van der Waals surface area contributed by atoms with Crippen LogP contribution in [0.25, 0.3) is 88.4 Å². The van der Waals surface area contributed by atoms with Gasteiger partial charge in [-0.05, 0) is 87.9 Å². The SMILES string of the molecule is c1ccc(-n2c(-c3ccc4cc(-c5ccc6c7ccccc7n7c8ccccc8nc7c6c5)ccc4c3)nc3ccccc32)cc1. The number of hydrogen-bond donors (Lipinski definition) is 0. The Kier molecular flexibility index (Phi) is 5.25. The normalized spacial score (nSPS) is 11.9. The molecule has 3 aromatic heterocycles. The molecule has 10 aromatic rings. The summed E-state index contributed by atoms with van der Waals surface area (Å²) in [6.45, 7) is 0. The summed E-state index contributed by atoms with van der Waals surface area (Å²) < 4.78 is 4.56.